The van der Waals surface area contributed by atoms with Crippen molar-refractivity contribution in [3.63, 3.8) is 0 Å². The van der Waals surface area contributed by atoms with Crippen LogP contribution in [0, 0.1) is 6.92 Å². The van der Waals surface area contributed by atoms with E-state index in [4.69, 9.17) is 0 Å². The van der Waals surface area contributed by atoms with Gasteiger partial charge in [-0.3, -0.25) is 14.7 Å². The summed E-state index contributed by atoms with van der Waals surface area (Å²) in [6, 6.07) is 10.1. The van der Waals surface area contributed by atoms with Gasteiger partial charge in [0.1, 0.15) is 5.66 Å². The van der Waals surface area contributed by atoms with E-state index in [1.165, 1.54) is 5.56 Å². The fourth-order valence-corrected chi connectivity index (χ4v) is 3.62. The first-order valence-electron chi connectivity index (χ1n) is 8.46. The zero-order valence-electron chi connectivity index (χ0n) is 13.9. The summed E-state index contributed by atoms with van der Waals surface area (Å²) < 4.78 is 0. The van der Waals surface area contributed by atoms with Crippen LogP contribution in [0.2, 0.25) is 0 Å². The van der Waals surface area contributed by atoms with Gasteiger partial charge in [0.25, 0.3) is 5.91 Å². The van der Waals surface area contributed by atoms with Crippen LogP contribution in [0.5, 0.6) is 0 Å². The van der Waals surface area contributed by atoms with Gasteiger partial charge in [0.05, 0.1) is 5.56 Å². The molecule has 0 aliphatic carbocycles. The summed E-state index contributed by atoms with van der Waals surface area (Å²) in [5.41, 5.74) is 3.77. The largest absolute Gasteiger partial charge is 0.362 e. The number of amides is 1. The Labute approximate surface area is 142 Å². The number of hydrogen-bond donors (Lipinski definition) is 2. The van der Waals surface area contributed by atoms with Gasteiger partial charge in [-0.25, -0.2) is 0 Å². The minimum Gasteiger partial charge on any atom is -0.362 e. The lowest BCUT2D eigenvalue weighted by molar-refractivity contribution is 0.0822. The average molecular weight is 322 g/mol. The normalized spacial score (nSPS) is 19.5. The topological polar surface area (TPSA) is 57.3 Å². The van der Waals surface area contributed by atoms with Gasteiger partial charge in [-0.2, -0.15) is 0 Å². The smallest absolute Gasteiger partial charge is 0.255 e. The van der Waals surface area contributed by atoms with E-state index >= 15 is 0 Å². The van der Waals surface area contributed by atoms with E-state index < -0.39 is 0 Å². The van der Waals surface area contributed by atoms with Crippen LogP contribution in [0.4, 0.5) is 5.69 Å². The summed E-state index contributed by atoms with van der Waals surface area (Å²) in [6.45, 7) is 4.85. The van der Waals surface area contributed by atoms with Crippen LogP contribution in [-0.4, -0.2) is 34.5 Å². The van der Waals surface area contributed by atoms with E-state index in [2.05, 4.69) is 38.7 Å². The van der Waals surface area contributed by atoms with Gasteiger partial charge in [0.15, 0.2) is 0 Å². The summed E-state index contributed by atoms with van der Waals surface area (Å²) in [4.78, 5) is 19.0. The van der Waals surface area contributed by atoms with Crippen LogP contribution >= 0.6 is 0 Å². The van der Waals surface area contributed by atoms with Crippen molar-refractivity contribution in [3.8, 4) is 0 Å². The quantitative estimate of drug-likeness (QED) is 0.892. The number of anilines is 1. The maximum Gasteiger partial charge on any atom is 0.255 e. The number of benzene rings is 1. The Bertz CT molecular complexity index is 751. The number of nitrogens with zero attached hydrogens (tertiary/aromatic N) is 2. The van der Waals surface area contributed by atoms with Crippen LogP contribution in [0.1, 0.15) is 34.3 Å². The van der Waals surface area contributed by atoms with Crippen molar-refractivity contribution in [2.24, 2.45) is 0 Å². The molecule has 0 saturated carbocycles. The summed E-state index contributed by atoms with van der Waals surface area (Å²) in [5.74, 6) is 0.0371. The Kier molecular flexibility index (Phi) is 3.73. The summed E-state index contributed by atoms with van der Waals surface area (Å²) in [5, 5.41) is 6.80. The molecule has 2 aliphatic rings. The first-order chi connectivity index (χ1) is 11.6. The minimum absolute atomic E-state index is 0.0371. The van der Waals surface area contributed by atoms with Gasteiger partial charge in [-0.05, 0) is 36.8 Å². The standard InChI is InChI=1S/C19H22N4O/c1-14-2-3-17-16(12-14)18(24)22-19(21-17)6-10-23(11-7-19)13-15-4-8-20-9-5-15/h2-5,8-9,12,21H,6-7,10-11,13H2,1H3,(H,22,24). The lowest BCUT2D eigenvalue weighted by atomic mass is 9.92. The molecule has 24 heavy (non-hydrogen) atoms. The number of nitrogens with one attached hydrogen (secondary N) is 2. The number of aromatic nitrogens is 1. The Hall–Kier alpha value is -2.40. The maximum absolute atomic E-state index is 12.5. The first-order valence-corrected chi connectivity index (χ1v) is 8.46. The molecule has 1 spiro atoms. The summed E-state index contributed by atoms with van der Waals surface area (Å²) in [7, 11) is 0. The highest BCUT2D eigenvalue weighted by atomic mass is 16.2. The van der Waals surface area contributed by atoms with E-state index in [1.54, 1.807) is 0 Å². The molecule has 0 radical (unpaired) electrons. The van der Waals surface area contributed by atoms with Crippen molar-refractivity contribution in [2.75, 3.05) is 18.4 Å². The molecule has 0 bridgehead atoms. The van der Waals surface area contributed by atoms with E-state index in [0.29, 0.717) is 0 Å². The molecule has 1 saturated heterocycles. The van der Waals surface area contributed by atoms with Gasteiger partial charge in [0.2, 0.25) is 0 Å². The maximum atomic E-state index is 12.5. The van der Waals surface area contributed by atoms with Gasteiger partial charge in [-0.15, -0.1) is 0 Å². The van der Waals surface area contributed by atoms with Crippen LogP contribution in [0.25, 0.3) is 0 Å². The molecule has 1 amide bonds. The number of rotatable bonds is 2. The molecule has 1 fully saturated rings. The SMILES string of the molecule is Cc1ccc2c(c1)C(=O)NC1(CCN(Cc3ccncc3)CC1)N2. The number of piperidine rings is 1. The second kappa shape index (κ2) is 5.91. The van der Waals surface area contributed by atoms with Crippen molar-refractivity contribution in [3.05, 3.63) is 59.4 Å². The third kappa shape index (κ3) is 2.87. The molecule has 5 heteroatoms. The Morgan fingerprint density at radius 2 is 1.88 bits per heavy atom. The molecular weight excluding hydrogens is 300 g/mol. The Morgan fingerprint density at radius 3 is 2.62 bits per heavy atom. The average Bonchev–Trinajstić information content (AvgIpc) is 2.59. The molecule has 0 unspecified atom stereocenters. The van der Waals surface area contributed by atoms with Crippen molar-refractivity contribution >= 4 is 11.6 Å². The van der Waals surface area contributed by atoms with Crippen molar-refractivity contribution in [1.29, 1.82) is 0 Å². The predicted octanol–water partition coefficient (Wildman–Crippen LogP) is 2.54. The van der Waals surface area contributed by atoms with Crippen LogP contribution in [-0.2, 0) is 6.54 Å². The van der Waals surface area contributed by atoms with Crippen LogP contribution < -0.4 is 10.6 Å². The van der Waals surface area contributed by atoms with Crippen LogP contribution in [0.15, 0.2) is 42.7 Å². The fraction of sp³-hybridized carbons (Fsp3) is 0.368. The van der Waals surface area contributed by atoms with E-state index in [9.17, 15) is 4.79 Å². The number of aryl methyl sites for hydroxylation is 1. The molecule has 2 N–H and O–H groups in total. The summed E-state index contributed by atoms with van der Waals surface area (Å²) >= 11 is 0. The molecule has 124 valence electrons. The fourth-order valence-electron chi connectivity index (χ4n) is 3.62. The van der Waals surface area contributed by atoms with Gasteiger partial charge in [-0.1, -0.05) is 11.6 Å². The Morgan fingerprint density at radius 1 is 1.12 bits per heavy atom. The van der Waals surface area contributed by atoms with E-state index in [1.807, 2.05) is 31.5 Å². The van der Waals surface area contributed by atoms with Gasteiger partial charge in [0, 0.05) is 50.6 Å². The minimum atomic E-state index is -0.311. The Balaban J connectivity index is 1.45. The zero-order chi connectivity index (χ0) is 16.6. The second-order valence-electron chi connectivity index (χ2n) is 6.84. The molecule has 1 aromatic carbocycles. The van der Waals surface area contributed by atoms with Crippen molar-refractivity contribution in [2.45, 2.75) is 32.0 Å². The third-order valence-corrected chi connectivity index (χ3v) is 5.01. The van der Waals surface area contributed by atoms with E-state index in [-0.39, 0.29) is 11.6 Å². The monoisotopic (exact) mass is 322 g/mol. The lowest BCUT2D eigenvalue weighted by Gasteiger charge is -2.46. The molecular formula is C19H22N4O. The highest BCUT2D eigenvalue weighted by Crippen LogP contribution is 2.32. The first kappa shape index (κ1) is 15.1. The van der Waals surface area contributed by atoms with Crippen molar-refractivity contribution in [1.82, 2.24) is 15.2 Å². The number of likely N-dealkylation sites (tertiary alicyclic amines) is 1. The number of pyridine rings is 1. The highest BCUT2D eigenvalue weighted by molar-refractivity contribution is 6.02. The molecule has 2 aromatic rings. The van der Waals surface area contributed by atoms with Gasteiger partial charge >= 0.3 is 0 Å². The predicted molar refractivity (Wildman–Crippen MR) is 93.7 cm³/mol. The van der Waals surface area contributed by atoms with Crippen molar-refractivity contribution < 1.29 is 4.79 Å². The highest BCUT2D eigenvalue weighted by Gasteiger charge is 2.39. The lowest BCUT2D eigenvalue weighted by Crippen LogP contribution is -2.62. The molecule has 5 nitrogen and oxygen atoms in total. The zero-order valence-corrected chi connectivity index (χ0v) is 13.9. The number of carbonyl (C=O) groups excluding carboxylic acids is 1. The second-order valence-corrected chi connectivity index (χ2v) is 6.84. The molecule has 1 aromatic heterocycles. The molecule has 2 aliphatic heterocycles. The van der Waals surface area contributed by atoms with Crippen LogP contribution in [0.3, 0.4) is 0 Å². The third-order valence-electron chi connectivity index (χ3n) is 5.01. The summed E-state index contributed by atoms with van der Waals surface area (Å²) in [6.07, 6.45) is 5.47. The molecule has 0 atom stereocenters. The van der Waals surface area contributed by atoms with Gasteiger partial charge < -0.3 is 10.6 Å². The molecule has 3 heterocycles. The number of fused-ring (bicyclic) bond motifs is 1. The molecule has 4 rings (SSSR count). The van der Waals surface area contributed by atoms with E-state index in [0.717, 1.165) is 49.3 Å². The number of carbonyl (C=O) groups is 1. The number of hydrogen-bond acceptors (Lipinski definition) is 4.